The standard InChI is InChI=1S/C25H28ClN3OS/c26-24-21(19-8-4-5-9-20(19)25(28)30)14-23(31-24)22(16-6-2-1-3-7-16)15-29-18-12-10-17(27)11-13-18/h1-9,14,17-18,22,29H,10-13,15,27H2,(H2,28,30). The van der Waals surface area contributed by atoms with Gasteiger partial charge in [0, 0.05) is 40.6 Å². The third kappa shape index (κ3) is 5.18. The van der Waals surface area contributed by atoms with Crippen molar-refractivity contribution in [2.75, 3.05) is 6.54 Å². The highest BCUT2D eigenvalue weighted by Gasteiger charge is 2.24. The van der Waals surface area contributed by atoms with E-state index in [0.29, 0.717) is 22.0 Å². The number of nitrogens with one attached hydrogen (secondary N) is 1. The largest absolute Gasteiger partial charge is 0.366 e. The number of carbonyl (C=O) groups is 1. The first kappa shape index (κ1) is 22.0. The number of halogens is 1. The lowest BCUT2D eigenvalue weighted by atomic mass is 9.90. The molecule has 1 aliphatic carbocycles. The van der Waals surface area contributed by atoms with E-state index in [0.717, 1.165) is 43.4 Å². The summed E-state index contributed by atoms with van der Waals surface area (Å²) in [4.78, 5) is 13.1. The molecule has 1 fully saturated rings. The summed E-state index contributed by atoms with van der Waals surface area (Å²) in [5.74, 6) is -0.273. The Morgan fingerprint density at radius 2 is 1.71 bits per heavy atom. The maximum atomic E-state index is 11.9. The van der Waals surface area contributed by atoms with Gasteiger partial charge in [-0.3, -0.25) is 4.79 Å². The number of nitrogens with two attached hydrogens (primary N) is 2. The number of carbonyl (C=O) groups excluding carboxylic acids is 1. The average Bonchev–Trinajstić information content (AvgIpc) is 3.17. The zero-order valence-corrected chi connectivity index (χ0v) is 19.0. The molecule has 162 valence electrons. The van der Waals surface area contributed by atoms with Crippen LogP contribution in [0.25, 0.3) is 11.1 Å². The van der Waals surface area contributed by atoms with Crippen molar-refractivity contribution < 1.29 is 4.79 Å². The van der Waals surface area contributed by atoms with Gasteiger partial charge in [0.15, 0.2) is 0 Å². The molecule has 6 heteroatoms. The second-order valence-electron chi connectivity index (χ2n) is 8.23. The summed E-state index contributed by atoms with van der Waals surface area (Å²) in [5.41, 5.74) is 15.0. The first-order valence-corrected chi connectivity index (χ1v) is 11.9. The van der Waals surface area contributed by atoms with E-state index in [4.69, 9.17) is 23.1 Å². The quantitative estimate of drug-likeness (QED) is 0.462. The molecule has 4 rings (SSSR count). The second-order valence-corrected chi connectivity index (χ2v) is 9.92. The number of benzene rings is 2. The lowest BCUT2D eigenvalue weighted by Gasteiger charge is -2.28. The fraction of sp³-hybridized carbons (Fsp3) is 0.320. The molecular formula is C25H28ClN3OS. The first-order valence-electron chi connectivity index (χ1n) is 10.7. The molecule has 0 spiro atoms. The first-order chi connectivity index (χ1) is 15.0. The highest BCUT2D eigenvalue weighted by atomic mass is 35.5. The second kappa shape index (κ2) is 9.96. The molecule has 4 nitrogen and oxygen atoms in total. The topological polar surface area (TPSA) is 81.1 Å². The minimum atomic E-state index is -0.448. The molecule has 1 amide bonds. The summed E-state index contributed by atoms with van der Waals surface area (Å²) in [6.45, 7) is 0.831. The fourth-order valence-electron chi connectivity index (χ4n) is 4.35. The van der Waals surface area contributed by atoms with Crippen LogP contribution in [0.4, 0.5) is 0 Å². The van der Waals surface area contributed by atoms with Crippen LogP contribution in [-0.2, 0) is 0 Å². The van der Waals surface area contributed by atoms with E-state index >= 15 is 0 Å². The number of rotatable bonds is 7. The van der Waals surface area contributed by atoms with E-state index in [9.17, 15) is 4.79 Å². The minimum Gasteiger partial charge on any atom is -0.366 e. The van der Waals surface area contributed by atoms with Gasteiger partial charge in [-0.05, 0) is 48.9 Å². The molecule has 31 heavy (non-hydrogen) atoms. The molecule has 0 radical (unpaired) electrons. The summed E-state index contributed by atoms with van der Waals surface area (Å²) < 4.78 is 0.674. The van der Waals surface area contributed by atoms with Crippen molar-refractivity contribution in [1.82, 2.24) is 5.32 Å². The number of hydrogen-bond donors (Lipinski definition) is 3. The summed E-state index contributed by atoms with van der Waals surface area (Å²) in [6.07, 6.45) is 4.38. The Labute approximate surface area is 192 Å². The summed E-state index contributed by atoms with van der Waals surface area (Å²) in [6, 6.07) is 20.8. The van der Waals surface area contributed by atoms with Crippen LogP contribution in [0.1, 0.15) is 52.4 Å². The minimum absolute atomic E-state index is 0.175. The van der Waals surface area contributed by atoms with Gasteiger partial charge in [-0.1, -0.05) is 60.1 Å². The SMILES string of the molecule is NC(=O)c1ccccc1-c1cc(C(CNC2CCC(N)CC2)c2ccccc2)sc1Cl. The van der Waals surface area contributed by atoms with Gasteiger partial charge in [-0.15, -0.1) is 11.3 Å². The molecule has 2 aromatic carbocycles. The Hall–Kier alpha value is -2.18. The molecular weight excluding hydrogens is 426 g/mol. The van der Waals surface area contributed by atoms with Crippen LogP contribution in [0.3, 0.4) is 0 Å². The van der Waals surface area contributed by atoms with Gasteiger partial charge in [0.05, 0.1) is 0 Å². The molecule has 1 atom stereocenters. The number of thiophene rings is 1. The molecule has 3 aromatic rings. The Bertz CT molecular complexity index is 1030. The molecule has 0 aliphatic heterocycles. The molecule has 1 aromatic heterocycles. The third-order valence-electron chi connectivity index (χ3n) is 6.12. The lowest BCUT2D eigenvalue weighted by molar-refractivity contribution is 0.100. The van der Waals surface area contributed by atoms with Gasteiger partial charge in [0.2, 0.25) is 5.91 Å². The van der Waals surface area contributed by atoms with Gasteiger partial charge in [0.1, 0.15) is 4.34 Å². The van der Waals surface area contributed by atoms with Crippen molar-refractivity contribution >= 4 is 28.8 Å². The van der Waals surface area contributed by atoms with Crippen molar-refractivity contribution in [3.8, 4) is 11.1 Å². The zero-order valence-electron chi connectivity index (χ0n) is 17.4. The number of hydrogen-bond acceptors (Lipinski definition) is 4. The highest BCUT2D eigenvalue weighted by molar-refractivity contribution is 7.17. The molecule has 0 bridgehead atoms. The summed E-state index contributed by atoms with van der Waals surface area (Å²) in [7, 11) is 0. The highest BCUT2D eigenvalue weighted by Crippen LogP contribution is 2.41. The van der Waals surface area contributed by atoms with Crippen molar-refractivity contribution in [2.24, 2.45) is 11.5 Å². The molecule has 5 N–H and O–H groups in total. The predicted molar refractivity (Wildman–Crippen MR) is 130 cm³/mol. The smallest absolute Gasteiger partial charge is 0.249 e. The summed E-state index contributed by atoms with van der Waals surface area (Å²) in [5, 5.41) is 3.77. The van der Waals surface area contributed by atoms with Crippen molar-refractivity contribution in [3.05, 3.63) is 81.0 Å². The van der Waals surface area contributed by atoms with Crippen LogP contribution >= 0.6 is 22.9 Å². The average molecular weight is 454 g/mol. The third-order valence-corrected chi connectivity index (χ3v) is 7.59. The van der Waals surface area contributed by atoms with Crippen LogP contribution < -0.4 is 16.8 Å². The summed E-state index contributed by atoms with van der Waals surface area (Å²) >= 11 is 8.26. The number of amides is 1. The van der Waals surface area contributed by atoms with Gasteiger partial charge in [-0.2, -0.15) is 0 Å². The fourth-order valence-corrected chi connectivity index (χ4v) is 5.80. The van der Waals surface area contributed by atoms with E-state index in [1.807, 2.05) is 24.3 Å². The van der Waals surface area contributed by atoms with E-state index < -0.39 is 5.91 Å². The molecule has 1 unspecified atom stereocenters. The predicted octanol–water partition coefficient (Wildman–Crippen LogP) is 5.16. The number of primary amides is 1. The van der Waals surface area contributed by atoms with Crippen molar-refractivity contribution in [3.63, 3.8) is 0 Å². The normalized spacial score (nSPS) is 19.8. The van der Waals surface area contributed by atoms with Gasteiger partial charge in [-0.25, -0.2) is 0 Å². The van der Waals surface area contributed by atoms with E-state index in [2.05, 4.69) is 35.6 Å². The molecule has 1 heterocycles. The van der Waals surface area contributed by atoms with E-state index in [1.54, 1.807) is 17.4 Å². The Kier molecular flexibility index (Phi) is 7.08. The van der Waals surface area contributed by atoms with Crippen molar-refractivity contribution in [2.45, 2.75) is 43.7 Å². The van der Waals surface area contributed by atoms with E-state index in [-0.39, 0.29) is 5.92 Å². The van der Waals surface area contributed by atoms with Crippen LogP contribution in [0.2, 0.25) is 4.34 Å². The molecule has 1 saturated carbocycles. The van der Waals surface area contributed by atoms with Crippen LogP contribution in [-0.4, -0.2) is 24.5 Å². The molecule has 1 aliphatic rings. The Morgan fingerprint density at radius 3 is 2.42 bits per heavy atom. The van der Waals surface area contributed by atoms with Gasteiger partial charge < -0.3 is 16.8 Å². The molecule has 0 saturated heterocycles. The Balaban J connectivity index is 1.63. The van der Waals surface area contributed by atoms with E-state index in [1.165, 1.54) is 10.4 Å². The van der Waals surface area contributed by atoms with Crippen LogP contribution in [0.15, 0.2) is 60.7 Å². The van der Waals surface area contributed by atoms with Crippen molar-refractivity contribution in [1.29, 1.82) is 0 Å². The zero-order chi connectivity index (χ0) is 21.8. The Morgan fingerprint density at radius 1 is 1.03 bits per heavy atom. The van der Waals surface area contributed by atoms with Crippen LogP contribution in [0.5, 0.6) is 0 Å². The maximum Gasteiger partial charge on any atom is 0.249 e. The van der Waals surface area contributed by atoms with Gasteiger partial charge in [0.25, 0.3) is 0 Å². The van der Waals surface area contributed by atoms with Gasteiger partial charge >= 0.3 is 0 Å². The van der Waals surface area contributed by atoms with Crippen LogP contribution in [0, 0.1) is 0 Å². The monoisotopic (exact) mass is 453 g/mol. The lowest BCUT2D eigenvalue weighted by Crippen LogP contribution is -2.39. The maximum absolute atomic E-state index is 11.9.